The third kappa shape index (κ3) is 5.15. The molecule has 28 heavy (non-hydrogen) atoms. The van der Waals surface area contributed by atoms with E-state index >= 15 is 0 Å². The Labute approximate surface area is 170 Å². The number of carbonyl (C=O) groups is 1. The number of nitrogens with zero attached hydrogens (tertiary/aromatic N) is 3. The Morgan fingerprint density at radius 2 is 1.64 bits per heavy atom. The van der Waals surface area contributed by atoms with Crippen LogP contribution in [0.5, 0.6) is 0 Å². The van der Waals surface area contributed by atoms with Crippen LogP contribution in [0.4, 0.5) is 0 Å². The summed E-state index contributed by atoms with van der Waals surface area (Å²) in [6.45, 7) is 7.86. The quantitative estimate of drug-likeness (QED) is 0.753. The summed E-state index contributed by atoms with van der Waals surface area (Å²) in [4.78, 5) is 20.2. The minimum atomic E-state index is 0.260. The standard InChI is InChI=1S/C24H37N3O/c28-24(26-15-4-5-16-26)22-11-7-17-27(20-22)23-12-18-25(19-13-23)14-6-10-21-8-2-1-3-9-21/h1-3,8-9,22-23H,4-7,10-20H2/t22-/m0/s1. The maximum absolute atomic E-state index is 12.8. The molecule has 1 amide bonds. The molecule has 4 rings (SSSR count). The molecule has 0 aromatic heterocycles. The molecule has 0 bridgehead atoms. The fourth-order valence-corrected chi connectivity index (χ4v) is 5.39. The van der Waals surface area contributed by atoms with Crippen LogP contribution in [-0.4, -0.2) is 72.5 Å². The highest BCUT2D eigenvalue weighted by molar-refractivity contribution is 5.79. The van der Waals surface area contributed by atoms with Crippen molar-refractivity contribution in [2.45, 2.75) is 57.4 Å². The molecule has 1 atom stereocenters. The van der Waals surface area contributed by atoms with E-state index in [1.54, 1.807) is 0 Å². The summed E-state index contributed by atoms with van der Waals surface area (Å²) < 4.78 is 0. The van der Waals surface area contributed by atoms with Crippen LogP contribution in [-0.2, 0) is 11.2 Å². The topological polar surface area (TPSA) is 26.8 Å². The Morgan fingerprint density at radius 3 is 2.39 bits per heavy atom. The molecule has 0 spiro atoms. The number of piperidine rings is 2. The lowest BCUT2D eigenvalue weighted by molar-refractivity contribution is -0.136. The van der Waals surface area contributed by atoms with Gasteiger partial charge in [0.05, 0.1) is 5.92 Å². The van der Waals surface area contributed by atoms with E-state index in [0.717, 1.165) is 26.1 Å². The molecular weight excluding hydrogens is 346 g/mol. The molecule has 154 valence electrons. The Bertz CT molecular complexity index is 606. The third-order valence-corrected chi connectivity index (χ3v) is 7.08. The van der Waals surface area contributed by atoms with Gasteiger partial charge in [-0.25, -0.2) is 0 Å². The number of rotatable bonds is 6. The lowest BCUT2D eigenvalue weighted by Gasteiger charge is -2.42. The average molecular weight is 384 g/mol. The summed E-state index contributed by atoms with van der Waals surface area (Å²) in [7, 11) is 0. The smallest absolute Gasteiger partial charge is 0.226 e. The number of amides is 1. The Kier molecular flexibility index (Phi) is 7.03. The van der Waals surface area contributed by atoms with Gasteiger partial charge in [-0.2, -0.15) is 0 Å². The summed E-state index contributed by atoms with van der Waals surface area (Å²) in [6.07, 6.45) is 9.69. The summed E-state index contributed by atoms with van der Waals surface area (Å²) in [5.74, 6) is 0.705. The molecule has 3 heterocycles. The SMILES string of the molecule is O=C([C@H]1CCCN(C2CCN(CCCc3ccccc3)CC2)C1)N1CCCC1. The van der Waals surface area contributed by atoms with Crippen LogP contribution in [0.3, 0.4) is 0 Å². The summed E-state index contributed by atoms with van der Waals surface area (Å²) in [5, 5.41) is 0. The molecule has 0 aliphatic carbocycles. The highest BCUT2D eigenvalue weighted by atomic mass is 16.2. The minimum absolute atomic E-state index is 0.260. The third-order valence-electron chi connectivity index (χ3n) is 7.08. The predicted octanol–water partition coefficient (Wildman–Crippen LogP) is 3.42. The van der Waals surface area contributed by atoms with Gasteiger partial charge in [0, 0.05) is 25.7 Å². The lowest BCUT2D eigenvalue weighted by Crippen LogP contribution is -2.51. The van der Waals surface area contributed by atoms with Gasteiger partial charge in [0.2, 0.25) is 5.91 Å². The van der Waals surface area contributed by atoms with Crippen LogP contribution < -0.4 is 0 Å². The highest BCUT2D eigenvalue weighted by Gasteiger charge is 2.34. The molecule has 3 fully saturated rings. The summed E-state index contributed by atoms with van der Waals surface area (Å²) in [6, 6.07) is 11.5. The van der Waals surface area contributed by atoms with Crippen LogP contribution in [0.1, 0.15) is 50.5 Å². The van der Waals surface area contributed by atoms with Gasteiger partial charge in [0.15, 0.2) is 0 Å². The first-order chi connectivity index (χ1) is 13.8. The van der Waals surface area contributed by atoms with Crippen molar-refractivity contribution < 1.29 is 4.79 Å². The lowest BCUT2D eigenvalue weighted by atomic mass is 9.93. The van der Waals surface area contributed by atoms with Crippen molar-refractivity contribution in [3.8, 4) is 0 Å². The number of hydrogen-bond acceptors (Lipinski definition) is 3. The van der Waals surface area contributed by atoms with E-state index in [2.05, 4.69) is 45.0 Å². The van der Waals surface area contributed by atoms with Gasteiger partial charge in [-0.1, -0.05) is 30.3 Å². The van der Waals surface area contributed by atoms with Gasteiger partial charge in [-0.3, -0.25) is 9.69 Å². The first kappa shape index (κ1) is 19.9. The molecule has 0 N–H and O–H groups in total. The van der Waals surface area contributed by atoms with Gasteiger partial charge in [-0.05, 0) is 83.1 Å². The van der Waals surface area contributed by atoms with E-state index in [1.807, 2.05) is 0 Å². The van der Waals surface area contributed by atoms with Crippen molar-refractivity contribution in [1.82, 2.24) is 14.7 Å². The minimum Gasteiger partial charge on any atom is -0.342 e. The average Bonchev–Trinajstić information content (AvgIpc) is 3.30. The fourth-order valence-electron chi connectivity index (χ4n) is 5.39. The molecule has 3 saturated heterocycles. The molecule has 0 saturated carbocycles. The second-order valence-corrected chi connectivity index (χ2v) is 9.03. The first-order valence-electron chi connectivity index (χ1n) is 11.6. The van der Waals surface area contributed by atoms with E-state index in [1.165, 1.54) is 76.7 Å². The summed E-state index contributed by atoms with van der Waals surface area (Å²) >= 11 is 0. The normalized spacial score (nSPS) is 25.3. The Balaban J connectivity index is 1.18. The molecule has 0 unspecified atom stereocenters. The van der Waals surface area contributed by atoms with E-state index in [4.69, 9.17) is 0 Å². The number of aryl methyl sites for hydroxylation is 1. The maximum atomic E-state index is 12.8. The second kappa shape index (κ2) is 9.89. The summed E-state index contributed by atoms with van der Waals surface area (Å²) in [5.41, 5.74) is 1.46. The van der Waals surface area contributed by atoms with Gasteiger partial charge in [0.1, 0.15) is 0 Å². The van der Waals surface area contributed by atoms with Crippen LogP contribution in [0.15, 0.2) is 30.3 Å². The van der Waals surface area contributed by atoms with Crippen molar-refractivity contribution >= 4 is 5.91 Å². The number of hydrogen-bond donors (Lipinski definition) is 0. The number of carbonyl (C=O) groups excluding carboxylic acids is 1. The zero-order valence-electron chi connectivity index (χ0n) is 17.4. The molecule has 3 aliphatic rings. The monoisotopic (exact) mass is 383 g/mol. The molecule has 1 aromatic carbocycles. The molecular formula is C24H37N3O. The van der Waals surface area contributed by atoms with Gasteiger partial charge < -0.3 is 9.80 Å². The molecule has 4 heteroatoms. The Morgan fingerprint density at radius 1 is 0.893 bits per heavy atom. The fraction of sp³-hybridized carbons (Fsp3) is 0.708. The first-order valence-corrected chi connectivity index (χ1v) is 11.6. The van der Waals surface area contributed by atoms with Gasteiger partial charge in [0.25, 0.3) is 0 Å². The number of likely N-dealkylation sites (tertiary alicyclic amines) is 3. The largest absolute Gasteiger partial charge is 0.342 e. The van der Waals surface area contributed by atoms with Crippen molar-refractivity contribution in [1.29, 1.82) is 0 Å². The predicted molar refractivity (Wildman–Crippen MR) is 114 cm³/mol. The van der Waals surface area contributed by atoms with Crippen molar-refractivity contribution in [2.75, 3.05) is 45.8 Å². The molecule has 3 aliphatic heterocycles. The van der Waals surface area contributed by atoms with E-state index < -0.39 is 0 Å². The highest BCUT2D eigenvalue weighted by Crippen LogP contribution is 2.26. The van der Waals surface area contributed by atoms with Gasteiger partial charge in [-0.15, -0.1) is 0 Å². The van der Waals surface area contributed by atoms with E-state index in [9.17, 15) is 4.79 Å². The molecule has 1 aromatic rings. The van der Waals surface area contributed by atoms with Crippen molar-refractivity contribution in [3.63, 3.8) is 0 Å². The maximum Gasteiger partial charge on any atom is 0.226 e. The molecule has 4 nitrogen and oxygen atoms in total. The van der Waals surface area contributed by atoms with Crippen LogP contribution in [0, 0.1) is 5.92 Å². The van der Waals surface area contributed by atoms with Crippen LogP contribution in [0.2, 0.25) is 0 Å². The van der Waals surface area contributed by atoms with Crippen molar-refractivity contribution in [3.05, 3.63) is 35.9 Å². The van der Waals surface area contributed by atoms with E-state index in [-0.39, 0.29) is 5.92 Å². The molecule has 0 radical (unpaired) electrons. The second-order valence-electron chi connectivity index (χ2n) is 9.03. The van der Waals surface area contributed by atoms with Crippen LogP contribution >= 0.6 is 0 Å². The Hall–Kier alpha value is -1.39. The number of benzene rings is 1. The van der Waals surface area contributed by atoms with E-state index in [0.29, 0.717) is 11.9 Å². The van der Waals surface area contributed by atoms with Crippen LogP contribution in [0.25, 0.3) is 0 Å². The zero-order valence-corrected chi connectivity index (χ0v) is 17.4. The zero-order chi connectivity index (χ0) is 19.2. The van der Waals surface area contributed by atoms with Gasteiger partial charge >= 0.3 is 0 Å². The van der Waals surface area contributed by atoms with Crippen molar-refractivity contribution in [2.24, 2.45) is 5.92 Å².